The molecule has 0 heteroatoms. The lowest BCUT2D eigenvalue weighted by Gasteiger charge is -2.38. The molecule has 0 bridgehead atoms. The van der Waals surface area contributed by atoms with Crippen LogP contribution >= 0.6 is 0 Å². The van der Waals surface area contributed by atoms with Crippen molar-refractivity contribution in [2.75, 3.05) is 0 Å². The van der Waals surface area contributed by atoms with Gasteiger partial charge in [-0.25, -0.2) is 0 Å². The van der Waals surface area contributed by atoms with Crippen molar-refractivity contribution < 1.29 is 0 Å². The van der Waals surface area contributed by atoms with Gasteiger partial charge in [0.1, 0.15) is 0 Å². The van der Waals surface area contributed by atoms with Crippen LogP contribution in [0.4, 0.5) is 0 Å². The van der Waals surface area contributed by atoms with Crippen molar-refractivity contribution >= 4 is 0 Å². The maximum atomic E-state index is 2.42. The first-order valence-electron chi connectivity index (χ1n) is 5.31. The summed E-state index contributed by atoms with van der Waals surface area (Å²) in [6.45, 7) is 13.9. The quantitative estimate of drug-likeness (QED) is 0.570. The molecule has 0 aromatic carbocycles. The summed E-state index contributed by atoms with van der Waals surface area (Å²) in [6, 6.07) is 0. The Labute approximate surface area is 78.8 Å². The second-order valence-electron chi connectivity index (χ2n) is 4.40. The molecule has 0 fully saturated rings. The molecule has 1 unspecified atom stereocenters. The van der Waals surface area contributed by atoms with Crippen molar-refractivity contribution in [1.82, 2.24) is 0 Å². The molecule has 0 saturated carbocycles. The third-order valence-corrected chi connectivity index (χ3v) is 3.56. The Morgan fingerprint density at radius 2 is 1.50 bits per heavy atom. The van der Waals surface area contributed by atoms with Crippen LogP contribution in [0.3, 0.4) is 0 Å². The zero-order chi connectivity index (χ0) is 9.78. The van der Waals surface area contributed by atoms with E-state index in [1.165, 1.54) is 19.3 Å². The van der Waals surface area contributed by atoms with Crippen LogP contribution in [0.5, 0.6) is 0 Å². The topological polar surface area (TPSA) is 0 Å². The molecule has 0 aromatic heterocycles. The largest absolute Gasteiger partial charge is 0.0651 e. The molecule has 0 aliphatic heterocycles. The highest BCUT2D eigenvalue weighted by Gasteiger charge is 2.31. The van der Waals surface area contributed by atoms with E-state index in [1.807, 2.05) is 0 Å². The zero-order valence-electron chi connectivity index (χ0n) is 9.70. The first-order chi connectivity index (χ1) is 5.51. The summed E-state index contributed by atoms with van der Waals surface area (Å²) in [5.74, 6) is 2.41. The van der Waals surface area contributed by atoms with Crippen LogP contribution in [-0.2, 0) is 0 Å². The van der Waals surface area contributed by atoms with Gasteiger partial charge in [-0.3, -0.25) is 0 Å². The molecule has 0 spiro atoms. The van der Waals surface area contributed by atoms with E-state index in [9.17, 15) is 0 Å². The van der Waals surface area contributed by atoms with Gasteiger partial charge >= 0.3 is 0 Å². The van der Waals surface area contributed by atoms with Crippen LogP contribution < -0.4 is 0 Å². The number of hydrogen-bond acceptors (Lipinski definition) is 0. The Morgan fingerprint density at radius 1 is 1.08 bits per heavy atom. The summed E-state index contributed by atoms with van der Waals surface area (Å²) >= 11 is 0. The SMILES string of the molecule is CCC([C](C)C)C(C)(CC)CC. The monoisotopic (exact) mass is 169 g/mol. The molecule has 0 amide bonds. The van der Waals surface area contributed by atoms with E-state index < -0.39 is 0 Å². The van der Waals surface area contributed by atoms with Crippen LogP contribution in [0.2, 0.25) is 0 Å². The van der Waals surface area contributed by atoms with E-state index in [0.717, 1.165) is 5.92 Å². The van der Waals surface area contributed by atoms with Crippen LogP contribution in [0.15, 0.2) is 0 Å². The molecular formula is C12H25. The molecule has 1 atom stereocenters. The van der Waals surface area contributed by atoms with Crippen molar-refractivity contribution in [3.8, 4) is 0 Å². The fourth-order valence-corrected chi connectivity index (χ4v) is 2.34. The Kier molecular flexibility index (Phi) is 4.89. The molecule has 0 rings (SSSR count). The summed E-state index contributed by atoms with van der Waals surface area (Å²) in [5, 5.41) is 0. The average Bonchev–Trinajstić information content (AvgIpc) is 2.04. The van der Waals surface area contributed by atoms with E-state index in [0.29, 0.717) is 5.41 Å². The van der Waals surface area contributed by atoms with E-state index in [2.05, 4.69) is 41.5 Å². The van der Waals surface area contributed by atoms with Gasteiger partial charge < -0.3 is 0 Å². The van der Waals surface area contributed by atoms with E-state index in [1.54, 1.807) is 5.92 Å². The summed E-state index contributed by atoms with van der Waals surface area (Å²) in [7, 11) is 0. The van der Waals surface area contributed by atoms with Gasteiger partial charge in [0.2, 0.25) is 0 Å². The lowest BCUT2D eigenvalue weighted by atomic mass is 9.67. The molecule has 12 heavy (non-hydrogen) atoms. The minimum absolute atomic E-state index is 0.535. The highest BCUT2D eigenvalue weighted by atomic mass is 14.4. The zero-order valence-corrected chi connectivity index (χ0v) is 9.70. The van der Waals surface area contributed by atoms with E-state index >= 15 is 0 Å². The van der Waals surface area contributed by atoms with Gasteiger partial charge in [0, 0.05) is 0 Å². The molecule has 1 radical (unpaired) electrons. The smallest absolute Gasteiger partial charge is 0.0267 e. The van der Waals surface area contributed by atoms with Gasteiger partial charge in [0.15, 0.2) is 0 Å². The lowest BCUT2D eigenvalue weighted by molar-refractivity contribution is 0.174. The fourth-order valence-electron chi connectivity index (χ4n) is 2.34. The van der Waals surface area contributed by atoms with E-state index in [4.69, 9.17) is 0 Å². The van der Waals surface area contributed by atoms with Crippen LogP contribution in [0.1, 0.15) is 60.8 Å². The van der Waals surface area contributed by atoms with Gasteiger partial charge in [-0.2, -0.15) is 0 Å². The van der Waals surface area contributed by atoms with Crippen LogP contribution in [-0.4, -0.2) is 0 Å². The standard InChI is InChI=1S/C12H25/c1-7-11(10(4)5)12(6,8-2)9-3/h11H,7-9H2,1-6H3. The fraction of sp³-hybridized carbons (Fsp3) is 0.917. The molecule has 0 aliphatic carbocycles. The summed E-state index contributed by atoms with van der Waals surface area (Å²) < 4.78 is 0. The van der Waals surface area contributed by atoms with Gasteiger partial charge in [-0.15, -0.1) is 0 Å². The van der Waals surface area contributed by atoms with Gasteiger partial charge in [0.05, 0.1) is 0 Å². The molecular weight excluding hydrogens is 144 g/mol. The molecule has 0 aliphatic rings. The molecule has 0 N–H and O–H groups in total. The van der Waals surface area contributed by atoms with Crippen molar-refractivity contribution in [3.63, 3.8) is 0 Å². The third-order valence-electron chi connectivity index (χ3n) is 3.56. The van der Waals surface area contributed by atoms with E-state index in [-0.39, 0.29) is 0 Å². The predicted octanol–water partition coefficient (Wildman–Crippen LogP) is 4.45. The maximum Gasteiger partial charge on any atom is -0.0267 e. The maximum absolute atomic E-state index is 2.42. The third kappa shape index (κ3) is 2.50. The minimum atomic E-state index is 0.535. The van der Waals surface area contributed by atoms with Crippen molar-refractivity contribution in [2.24, 2.45) is 11.3 Å². The summed E-state index contributed by atoms with van der Waals surface area (Å²) in [6.07, 6.45) is 3.89. The Hall–Kier alpha value is 0. The first-order valence-corrected chi connectivity index (χ1v) is 5.31. The number of rotatable bonds is 5. The first kappa shape index (κ1) is 12.0. The minimum Gasteiger partial charge on any atom is -0.0651 e. The van der Waals surface area contributed by atoms with Crippen LogP contribution in [0.25, 0.3) is 0 Å². The Bertz CT molecular complexity index is 109. The Balaban J connectivity index is 4.43. The second-order valence-corrected chi connectivity index (χ2v) is 4.40. The van der Waals surface area contributed by atoms with Gasteiger partial charge in [-0.1, -0.05) is 60.8 Å². The molecule has 0 nitrogen and oxygen atoms in total. The molecule has 0 saturated heterocycles. The number of hydrogen-bond donors (Lipinski definition) is 0. The highest BCUT2D eigenvalue weighted by molar-refractivity contribution is 4.95. The Morgan fingerprint density at radius 3 is 1.58 bits per heavy atom. The lowest BCUT2D eigenvalue weighted by Crippen LogP contribution is -2.28. The van der Waals surface area contributed by atoms with Crippen molar-refractivity contribution in [3.05, 3.63) is 5.92 Å². The summed E-state index contributed by atoms with van der Waals surface area (Å²) in [5.41, 5.74) is 0.535. The van der Waals surface area contributed by atoms with Gasteiger partial charge in [0.25, 0.3) is 0 Å². The predicted molar refractivity (Wildman–Crippen MR) is 57.1 cm³/mol. The average molecular weight is 169 g/mol. The molecule has 73 valence electrons. The van der Waals surface area contributed by atoms with Crippen molar-refractivity contribution in [1.29, 1.82) is 0 Å². The summed E-state index contributed by atoms with van der Waals surface area (Å²) in [4.78, 5) is 0. The highest BCUT2D eigenvalue weighted by Crippen LogP contribution is 2.41. The van der Waals surface area contributed by atoms with Gasteiger partial charge in [-0.05, 0) is 17.3 Å². The molecule has 0 aromatic rings. The molecule has 0 heterocycles. The van der Waals surface area contributed by atoms with Crippen LogP contribution in [0, 0.1) is 17.3 Å². The second kappa shape index (κ2) is 4.89. The van der Waals surface area contributed by atoms with Crippen molar-refractivity contribution in [2.45, 2.75) is 60.8 Å². The normalized spacial score (nSPS) is 15.2.